The molecule has 0 fully saturated rings. The Hall–Kier alpha value is -3.58. The lowest BCUT2D eigenvalue weighted by molar-refractivity contribution is 0.166. The van der Waals surface area contributed by atoms with Gasteiger partial charge in [0.15, 0.2) is 5.43 Å². The zero-order chi connectivity index (χ0) is 24.6. The molecule has 4 rings (SSSR count). The molecule has 2 heterocycles. The van der Waals surface area contributed by atoms with E-state index in [2.05, 4.69) is 29.3 Å². The Morgan fingerprint density at radius 2 is 1.83 bits per heavy atom. The van der Waals surface area contributed by atoms with Gasteiger partial charge in [-0.3, -0.25) is 19.9 Å². The van der Waals surface area contributed by atoms with Gasteiger partial charge in [-0.2, -0.15) is 0 Å². The Bertz CT molecular complexity index is 1400. The van der Waals surface area contributed by atoms with Crippen molar-refractivity contribution in [3.63, 3.8) is 0 Å². The lowest BCUT2D eigenvalue weighted by Crippen LogP contribution is -2.15. The van der Waals surface area contributed by atoms with E-state index in [1.54, 1.807) is 35.9 Å². The summed E-state index contributed by atoms with van der Waals surface area (Å²) in [6, 6.07) is 16.8. The molecule has 1 N–H and O–H groups in total. The van der Waals surface area contributed by atoms with Crippen LogP contribution in [0, 0.1) is 5.92 Å². The summed E-state index contributed by atoms with van der Waals surface area (Å²) in [6.07, 6.45) is 7.49. The lowest BCUT2D eigenvalue weighted by Gasteiger charge is -2.16. The van der Waals surface area contributed by atoms with Crippen LogP contribution in [0.2, 0.25) is 0 Å². The van der Waals surface area contributed by atoms with Gasteiger partial charge in [0.25, 0.3) is 0 Å². The SMILES string of the molecule is CCCCC(CC)C/C(=N\OC(=O)Nc1ccncc1)c1ccc2sc3ccccc3c(=O)c2c1. The maximum atomic E-state index is 13.2. The molecule has 0 saturated heterocycles. The molecule has 2 aromatic carbocycles. The van der Waals surface area contributed by atoms with E-state index in [1.165, 1.54) is 0 Å². The molecule has 0 aliphatic heterocycles. The number of rotatable bonds is 9. The van der Waals surface area contributed by atoms with Gasteiger partial charge in [0.2, 0.25) is 0 Å². The van der Waals surface area contributed by atoms with E-state index in [9.17, 15) is 9.59 Å². The number of carbonyl (C=O) groups is 1. The predicted octanol–water partition coefficient (Wildman–Crippen LogP) is 7.37. The average molecular weight is 488 g/mol. The van der Waals surface area contributed by atoms with E-state index in [1.807, 2.05) is 42.5 Å². The number of aromatic nitrogens is 1. The first-order valence-corrected chi connectivity index (χ1v) is 12.8. The van der Waals surface area contributed by atoms with Gasteiger partial charge in [-0.05, 0) is 48.7 Å². The van der Waals surface area contributed by atoms with Gasteiger partial charge in [0.05, 0.1) is 5.71 Å². The molecule has 4 aromatic rings. The van der Waals surface area contributed by atoms with Crippen molar-refractivity contribution in [2.24, 2.45) is 11.1 Å². The van der Waals surface area contributed by atoms with Crippen LogP contribution in [-0.4, -0.2) is 16.8 Å². The minimum Gasteiger partial charge on any atom is -0.297 e. The second kappa shape index (κ2) is 11.7. The van der Waals surface area contributed by atoms with Crippen molar-refractivity contribution in [1.82, 2.24) is 4.98 Å². The number of anilines is 1. The molecule has 6 nitrogen and oxygen atoms in total. The van der Waals surface area contributed by atoms with E-state index in [-0.39, 0.29) is 5.43 Å². The second-order valence-electron chi connectivity index (χ2n) is 8.54. The summed E-state index contributed by atoms with van der Waals surface area (Å²) in [5.74, 6) is 0.405. The van der Waals surface area contributed by atoms with Gasteiger partial charge >= 0.3 is 6.09 Å². The van der Waals surface area contributed by atoms with Crippen molar-refractivity contribution in [3.05, 3.63) is 82.8 Å². The highest BCUT2D eigenvalue weighted by Crippen LogP contribution is 2.27. The molecule has 35 heavy (non-hydrogen) atoms. The number of nitrogens with one attached hydrogen (secondary N) is 1. The zero-order valence-electron chi connectivity index (χ0n) is 20.0. The number of oxime groups is 1. The van der Waals surface area contributed by atoms with E-state index in [0.717, 1.165) is 40.6 Å². The number of pyridine rings is 1. The Morgan fingerprint density at radius 3 is 2.60 bits per heavy atom. The number of amides is 1. The quantitative estimate of drug-likeness (QED) is 0.116. The zero-order valence-corrected chi connectivity index (χ0v) is 20.8. The molecule has 2 aromatic heterocycles. The fraction of sp³-hybridized carbons (Fsp3) is 0.286. The summed E-state index contributed by atoms with van der Waals surface area (Å²) in [5.41, 5.74) is 2.04. The van der Waals surface area contributed by atoms with Crippen LogP contribution in [0.4, 0.5) is 10.5 Å². The van der Waals surface area contributed by atoms with Crippen LogP contribution in [0.3, 0.4) is 0 Å². The van der Waals surface area contributed by atoms with Crippen molar-refractivity contribution >= 4 is 49.0 Å². The lowest BCUT2D eigenvalue weighted by atomic mass is 9.91. The van der Waals surface area contributed by atoms with E-state index in [0.29, 0.717) is 34.5 Å². The first-order valence-electron chi connectivity index (χ1n) is 12.0. The van der Waals surface area contributed by atoms with E-state index >= 15 is 0 Å². The van der Waals surface area contributed by atoms with Crippen LogP contribution in [0.1, 0.15) is 51.5 Å². The Morgan fingerprint density at radius 1 is 1.06 bits per heavy atom. The molecule has 0 bridgehead atoms. The van der Waals surface area contributed by atoms with Crippen LogP contribution < -0.4 is 10.7 Å². The first kappa shape index (κ1) is 24.5. The monoisotopic (exact) mass is 487 g/mol. The Labute approximate surface area is 208 Å². The maximum absolute atomic E-state index is 13.2. The molecular formula is C28H29N3O3S. The average Bonchev–Trinajstić information content (AvgIpc) is 2.89. The van der Waals surface area contributed by atoms with Crippen LogP contribution in [0.15, 0.2) is 76.9 Å². The Kier molecular flexibility index (Phi) is 8.21. The summed E-state index contributed by atoms with van der Waals surface area (Å²) in [5, 5.41) is 8.29. The number of hydrogen-bond donors (Lipinski definition) is 1. The molecule has 1 unspecified atom stereocenters. The minimum absolute atomic E-state index is 0.00456. The van der Waals surface area contributed by atoms with Crippen molar-refractivity contribution < 1.29 is 9.63 Å². The van der Waals surface area contributed by atoms with Crippen molar-refractivity contribution in [1.29, 1.82) is 0 Å². The topological polar surface area (TPSA) is 80.7 Å². The smallest absolute Gasteiger partial charge is 0.297 e. The van der Waals surface area contributed by atoms with Crippen LogP contribution in [-0.2, 0) is 4.84 Å². The van der Waals surface area contributed by atoms with Crippen molar-refractivity contribution in [2.45, 2.75) is 46.0 Å². The molecule has 7 heteroatoms. The van der Waals surface area contributed by atoms with Gasteiger partial charge in [-0.25, -0.2) is 4.79 Å². The van der Waals surface area contributed by atoms with E-state index < -0.39 is 6.09 Å². The predicted molar refractivity (Wildman–Crippen MR) is 144 cm³/mol. The number of carbonyl (C=O) groups excluding carboxylic acids is 1. The summed E-state index contributed by atoms with van der Waals surface area (Å²) >= 11 is 1.59. The molecule has 180 valence electrons. The van der Waals surface area contributed by atoms with Gasteiger partial charge in [0.1, 0.15) is 0 Å². The number of fused-ring (bicyclic) bond motifs is 2. The number of nitrogens with zero attached hydrogens (tertiary/aromatic N) is 2. The van der Waals surface area contributed by atoms with Gasteiger partial charge in [-0.15, -0.1) is 11.3 Å². The summed E-state index contributed by atoms with van der Waals surface area (Å²) in [4.78, 5) is 34.8. The largest absolute Gasteiger partial charge is 0.437 e. The highest BCUT2D eigenvalue weighted by molar-refractivity contribution is 7.24. The normalized spacial score (nSPS) is 12.6. The third-order valence-corrected chi connectivity index (χ3v) is 7.25. The van der Waals surface area contributed by atoms with E-state index in [4.69, 9.17) is 4.84 Å². The first-order chi connectivity index (χ1) is 17.1. The fourth-order valence-electron chi connectivity index (χ4n) is 4.08. The minimum atomic E-state index is -0.672. The van der Waals surface area contributed by atoms with Gasteiger partial charge in [0, 0.05) is 43.8 Å². The van der Waals surface area contributed by atoms with Crippen LogP contribution in [0.25, 0.3) is 20.2 Å². The van der Waals surface area contributed by atoms with Gasteiger partial charge in [-0.1, -0.05) is 62.9 Å². The maximum Gasteiger partial charge on any atom is 0.437 e. The number of benzene rings is 2. The molecule has 0 aliphatic rings. The third-order valence-electron chi connectivity index (χ3n) is 6.10. The Balaban J connectivity index is 1.68. The highest BCUT2D eigenvalue weighted by Gasteiger charge is 2.16. The number of hydrogen-bond acceptors (Lipinski definition) is 6. The van der Waals surface area contributed by atoms with Gasteiger partial charge < -0.3 is 0 Å². The third kappa shape index (κ3) is 6.11. The molecule has 0 aliphatic carbocycles. The second-order valence-corrected chi connectivity index (χ2v) is 9.62. The molecule has 0 saturated carbocycles. The molecule has 0 radical (unpaired) electrons. The van der Waals surface area contributed by atoms with Crippen molar-refractivity contribution in [2.75, 3.05) is 5.32 Å². The summed E-state index contributed by atoms with van der Waals surface area (Å²) in [6.45, 7) is 4.35. The summed E-state index contributed by atoms with van der Waals surface area (Å²) < 4.78 is 1.89. The standard InChI is InChI=1S/C28H29N3O3S/c1-3-5-8-19(4-2)17-24(31-34-28(33)30-21-13-15-29-16-14-21)20-11-12-26-23(18-20)27(32)22-9-6-7-10-25(22)35-26/h6-7,9-16,18-19H,3-5,8,17H2,1-2H3,(H,29,30,33)/b31-24+. The molecule has 1 atom stereocenters. The fourth-order valence-corrected chi connectivity index (χ4v) is 5.13. The summed E-state index contributed by atoms with van der Waals surface area (Å²) in [7, 11) is 0. The number of unbranched alkanes of at least 4 members (excludes halogenated alkanes) is 1. The van der Waals surface area contributed by atoms with Crippen LogP contribution >= 0.6 is 11.3 Å². The highest BCUT2D eigenvalue weighted by atomic mass is 32.1. The molecule has 1 amide bonds. The van der Waals surface area contributed by atoms with Crippen LogP contribution in [0.5, 0.6) is 0 Å². The molecular weight excluding hydrogens is 458 g/mol. The van der Waals surface area contributed by atoms with Crippen molar-refractivity contribution in [3.8, 4) is 0 Å². The molecule has 0 spiro atoms.